The first-order valence-electron chi connectivity index (χ1n) is 6.66. The van der Waals surface area contributed by atoms with E-state index >= 15 is 0 Å². The molecule has 1 aromatic carbocycles. The standard InChI is InChI=1S/C15H24N2O2/c1-6-16-10-15(18)17(4)12-7-8-14(19-5)13(9-12)11(2)3/h7-9,11,16H,6,10H2,1-5H3. The summed E-state index contributed by atoms with van der Waals surface area (Å²) in [6.07, 6.45) is 0. The first kappa shape index (κ1) is 15.5. The summed E-state index contributed by atoms with van der Waals surface area (Å²) in [6, 6.07) is 5.85. The van der Waals surface area contributed by atoms with Crippen LogP contribution in [0.25, 0.3) is 0 Å². The van der Waals surface area contributed by atoms with Gasteiger partial charge in [-0.15, -0.1) is 0 Å². The van der Waals surface area contributed by atoms with Crippen molar-refractivity contribution in [2.45, 2.75) is 26.7 Å². The number of hydrogen-bond donors (Lipinski definition) is 1. The molecule has 1 rings (SSSR count). The molecule has 0 spiro atoms. The summed E-state index contributed by atoms with van der Waals surface area (Å²) >= 11 is 0. The number of likely N-dealkylation sites (N-methyl/N-ethyl adjacent to an activating group) is 2. The van der Waals surface area contributed by atoms with E-state index in [1.807, 2.05) is 25.1 Å². The lowest BCUT2D eigenvalue weighted by Crippen LogP contribution is -2.35. The van der Waals surface area contributed by atoms with E-state index in [4.69, 9.17) is 4.74 Å². The second-order valence-electron chi connectivity index (χ2n) is 4.81. The van der Waals surface area contributed by atoms with Crippen molar-refractivity contribution in [2.75, 3.05) is 32.1 Å². The molecule has 4 nitrogen and oxygen atoms in total. The van der Waals surface area contributed by atoms with E-state index in [0.717, 1.165) is 23.5 Å². The number of carbonyl (C=O) groups excluding carboxylic acids is 1. The van der Waals surface area contributed by atoms with Gasteiger partial charge in [0.1, 0.15) is 5.75 Å². The second-order valence-corrected chi connectivity index (χ2v) is 4.81. The van der Waals surface area contributed by atoms with E-state index in [2.05, 4.69) is 19.2 Å². The third kappa shape index (κ3) is 3.96. The Kier molecular flexibility index (Phi) is 5.83. The minimum Gasteiger partial charge on any atom is -0.496 e. The fourth-order valence-corrected chi connectivity index (χ4v) is 1.88. The Balaban J connectivity index is 2.95. The van der Waals surface area contributed by atoms with E-state index in [1.54, 1.807) is 19.1 Å². The largest absolute Gasteiger partial charge is 0.496 e. The number of methoxy groups -OCH3 is 1. The van der Waals surface area contributed by atoms with Crippen molar-refractivity contribution in [1.29, 1.82) is 0 Å². The first-order valence-corrected chi connectivity index (χ1v) is 6.66. The topological polar surface area (TPSA) is 41.6 Å². The lowest BCUT2D eigenvalue weighted by atomic mass is 10.0. The molecule has 0 fully saturated rings. The maximum atomic E-state index is 12.0. The molecule has 1 amide bonds. The maximum Gasteiger partial charge on any atom is 0.240 e. The predicted octanol–water partition coefficient (Wildman–Crippen LogP) is 2.39. The number of amides is 1. The molecule has 4 heteroatoms. The molecule has 0 saturated carbocycles. The lowest BCUT2D eigenvalue weighted by Gasteiger charge is -2.20. The average molecular weight is 264 g/mol. The monoisotopic (exact) mass is 264 g/mol. The summed E-state index contributed by atoms with van der Waals surface area (Å²) in [5, 5.41) is 3.04. The fraction of sp³-hybridized carbons (Fsp3) is 0.533. The van der Waals surface area contributed by atoms with Crippen molar-refractivity contribution in [3.05, 3.63) is 23.8 Å². The molecule has 0 saturated heterocycles. The van der Waals surface area contributed by atoms with Crippen LogP contribution in [0.3, 0.4) is 0 Å². The van der Waals surface area contributed by atoms with Crippen LogP contribution < -0.4 is 15.0 Å². The Hall–Kier alpha value is -1.55. The summed E-state index contributed by atoms with van der Waals surface area (Å²) in [7, 11) is 3.46. The van der Waals surface area contributed by atoms with Crippen LogP contribution >= 0.6 is 0 Å². The summed E-state index contributed by atoms with van der Waals surface area (Å²) in [6.45, 7) is 7.36. The Morgan fingerprint density at radius 3 is 2.63 bits per heavy atom. The van der Waals surface area contributed by atoms with E-state index < -0.39 is 0 Å². The summed E-state index contributed by atoms with van der Waals surface area (Å²) < 4.78 is 5.35. The molecule has 0 atom stereocenters. The maximum absolute atomic E-state index is 12.0. The molecule has 0 aliphatic rings. The van der Waals surface area contributed by atoms with Gasteiger partial charge in [0.05, 0.1) is 13.7 Å². The fourth-order valence-electron chi connectivity index (χ4n) is 1.88. The minimum atomic E-state index is 0.0572. The molecular formula is C15H24N2O2. The number of carbonyl (C=O) groups is 1. The van der Waals surface area contributed by atoms with Crippen molar-refractivity contribution in [3.8, 4) is 5.75 Å². The average Bonchev–Trinajstić information content (AvgIpc) is 2.42. The van der Waals surface area contributed by atoms with Gasteiger partial charge in [0.15, 0.2) is 0 Å². The quantitative estimate of drug-likeness (QED) is 0.857. The first-order chi connectivity index (χ1) is 9.01. The van der Waals surface area contributed by atoms with Gasteiger partial charge >= 0.3 is 0 Å². The molecule has 1 aromatic rings. The second kappa shape index (κ2) is 7.14. The zero-order chi connectivity index (χ0) is 14.4. The van der Waals surface area contributed by atoms with Crippen LogP contribution in [0.4, 0.5) is 5.69 Å². The molecule has 1 N–H and O–H groups in total. The molecule has 0 heterocycles. The molecule has 0 radical (unpaired) electrons. The number of rotatable bonds is 6. The Morgan fingerprint density at radius 1 is 1.42 bits per heavy atom. The SMILES string of the molecule is CCNCC(=O)N(C)c1ccc(OC)c(C(C)C)c1. The molecule has 106 valence electrons. The van der Waals surface area contributed by atoms with Gasteiger partial charge in [0.2, 0.25) is 5.91 Å². The zero-order valence-electron chi connectivity index (χ0n) is 12.5. The van der Waals surface area contributed by atoms with Crippen LogP contribution in [0, 0.1) is 0 Å². The summed E-state index contributed by atoms with van der Waals surface area (Å²) in [5.41, 5.74) is 2.01. The van der Waals surface area contributed by atoms with Crippen LogP contribution in [0.15, 0.2) is 18.2 Å². The number of nitrogens with zero attached hydrogens (tertiary/aromatic N) is 1. The number of ether oxygens (including phenoxy) is 1. The smallest absolute Gasteiger partial charge is 0.240 e. The number of anilines is 1. The molecule has 0 aromatic heterocycles. The highest BCUT2D eigenvalue weighted by Gasteiger charge is 2.14. The van der Waals surface area contributed by atoms with Crippen LogP contribution in [0.2, 0.25) is 0 Å². The Morgan fingerprint density at radius 2 is 2.11 bits per heavy atom. The van der Waals surface area contributed by atoms with Gasteiger partial charge in [-0.1, -0.05) is 20.8 Å². The number of hydrogen-bond acceptors (Lipinski definition) is 3. The Labute approximate surface area is 115 Å². The van der Waals surface area contributed by atoms with E-state index in [-0.39, 0.29) is 5.91 Å². The van der Waals surface area contributed by atoms with Gasteiger partial charge in [0, 0.05) is 12.7 Å². The molecular weight excluding hydrogens is 240 g/mol. The zero-order valence-corrected chi connectivity index (χ0v) is 12.5. The summed E-state index contributed by atoms with van der Waals surface area (Å²) in [4.78, 5) is 13.6. The third-order valence-corrected chi connectivity index (χ3v) is 3.12. The highest BCUT2D eigenvalue weighted by molar-refractivity contribution is 5.94. The van der Waals surface area contributed by atoms with Crippen LogP contribution in [-0.4, -0.2) is 33.2 Å². The van der Waals surface area contributed by atoms with Crippen LogP contribution in [-0.2, 0) is 4.79 Å². The van der Waals surface area contributed by atoms with Gasteiger partial charge < -0.3 is 15.0 Å². The normalized spacial score (nSPS) is 10.6. The van der Waals surface area contributed by atoms with Crippen molar-refractivity contribution in [2.24, 2.45) is 0 Å². The lowest BCUT2D eigenvalue weighted by molar-refractivity contribution is -0.117. The third-order valence-electron chi connectivity index (χ3n) is 3.12. The van der Waals surface area contributed by atoms with Gasteiger partial charge in [-0.2, -0.15) is 0 Å². The van der Waals surface area contributed by atoms with E-state index in [9.17, 15) is 4.79 Å². The molecule has 0 unspecified atom stereocenters. The highest BCUT2D eigenvalue weighted by Crippen LogP contribution is 2.30. The van der Waals surface area contributed by atoms with Gasteiger partial charge in [-0.25, -0.2) is 0 Å². The molecule has 0 aliphatic heterocycles. The minimum absolute atomic E-state index is 0.0572. The molecule has 19 heavy (non-hydrogen) atoms. The Bertz CT molecular complexity index is 430. The number of nitrogens with one attached hydrogen (secondary N) is 1. The number of benzene rings is 1. The van der Waals surface area contributed by atoms with Crippen molar-refractivity contribution >= 4 is 11.6 Å². The van der Waals surface area contributed by atoms with Gasteiger partial charge in [0.25, 0.3) is 0 Å². The predicted molar refractivity (Wildman–Crippen MR) is 79.0 cm³/mol. The van der Waals surface area contributed by atoms with E-state index in [0.29, 0.717) is 12.5 Å². The molecule has 0 bridgehead atoms. The highest BCUT2D eigenvalue weighted by atomic mass is 16.5. The van der Waals surface area contributed by atoms with Crippen molar-refractivity contribution in [3.63, 3.8) is 0 Å². The van der Waals surface area contributed by atoms with E-state index in [1.165, 1.54) is 0 Å². The van der Waals surface area contributed by atoms with Crippen LogP contribution in [0.1, 0.15) is 32.3 Å². The van der Waals surface area contributed by atoms with Gasteiger partial charge in [-0.3, -0.25) is 4.79 Å². The van der Waals surface area contributed by atoms with Crippen LogP contribution in [0.5, 0.6) is 5.75 Å². The summed E-state index contributed by atoms with van der Waals surface area (Å²) in [5.74, 6) is 1.28. The molecule has 0 aliphatic carbocycles. The van der Waals surface area contributed by atoms with Crippen molar-refractivity contribution in [1.82, 2.24) is 5.32 Å². The van der Waals surface area contributed by atoms with Crippen molar-refractivity contribution < 1.29 is 9.53 Å². The van der Waals surface area contributed by atoms with Gasteiger partial charge in [-0.05, 0) is 36.2 Å².